The zero-order valence-corrected chi connectivity index (χ0v) is 7.46. The van der Waals surface area contributed by atoms with E-state index >= 15 is 0 Å². The fourth-order valence-corrected chi connectivity index (χ4v) is 1.22. The fraction of sp³-hybridized carbons (Fsp3) is 0.273. The molecule has 1 atom stereocenters. The van der Waals surface area contributed by atoms with Gasteiger partial charge in [-0.05, 0) is 24.5 Å². The third-order valence-electron chi connectivity index (χ3n) is 1.74. The summed E-state index contributed by atoms with van der Waals surface area (Å²) in [6, 6.07) is 8.52. The second-order valence-corrected chi connectivity index (χ2v) is 3.13. The van der Waals surface area contributed by atoms with Crippen LogP contribution in [0.3, 0.4) is 0 Å². The van der Waals surface area contributed by atoms with Crippen LogP contribution in [0.2, 0.25) is 0 Å². The number of nitrogens with two attached hydrogens (primary N) is 1. The Kier molecular flexibility index (Phi) is 3.06. The van der Waals surface area contributed by atoms with Gasteiger partial charge in [0.2, 0.25) is 0 Å². The van der Waals surface area contributed by atoms with Gasteiger partial charge < -0.3 is 5.73 Å². The van der Waals surface area contributed by atoms with E-state index in [0.29, 0.717) is 0 Å². The highest BCUT2D eigenvalue weighted by Gasteiger charge is 1.97. The Labute approximate surface area is 73.9 Å². The summed E-state index contributed by atoms with van der Waals surface area (Å²) in [4.78, 5) is 0. The molecule has 0 spiro atoms. The molecule has 64 valence electrons. The Bertz CT molecular complexity index is 263. The summed E-state index contributed by atoms with van der Waals surface area (Å²) in [5.41, 5.74) is 8.13. The van der Waals surface area contributed by atoms with Gasteiger partial charge in [0.1, 0.15) is 0 Å². The minimum atomic E-state index is 0.227. The van der Waals surface area contributed by atoms with E-state index in [4.69, 9.17) is 5.73 Å². The van der Waals surface area contributed by atoms with Crippen LogP contribution in [-0.4, -0.2) is 6.04 Å². The minimum Gasteiger partial charge on any atom is -0.328 e. The van der Waals surface area contributed by atoms with Gasteiger partial charge in [-0.25, -0.2) is 0 Å². The van der Waals surface area contributed by atoms with Crippen molar-refractivity contribution in [3.05, 3.63) is 42.0 Å². The molecule has 0 radical (unpaired) electrons. The molecular weight excluding hydrogens is 146 g/mol. The third-order valence-corrected chi connectivity index (χ3v) is 1.74. The average Bonchev–Trinajstić information content (AvgIpc) is 2.03. The topological polar surface area (TPSA) is 26.0 Å². The quantitative estimate of drug-likeness (QED) is 0.722. The molecule has 0 unspecified atom stereocenters. The average molecular weight is 161 g/mol. The van der Waals surface area contributed by atoms with E-state index in [9.17, 15) is 0 Å². The van der Waals surface area contributed by atoms with Crippen LogP contribution in [0, 0.1) is 0 Å². The number of hydrogen-bond acceptors (Lipinski definition) is 1. The number of hydrogen-bond donors (Lipinski definition) is 1. The number of rotatable bonds is 3. The van der Waals surface area contributed by atoms with Crippen molar-refractivity contribution < 1.29 is 0 Å². The molecule has 1 aromatic carbocycles. The van der Waals surface area contributed by atoms with E-state index in [0.717, 1.165) is 12.0 Å². The van der Waals surface area contributed by atoms with Crippen molar-refractivity contribution in [2.24, 2.45) is 5.73 Å². The van der Waals surface area contributed by atoms with Crippen molar-refractivity contribution in [1.82, 2.24) is 0 Å². The predicted octanol–water partition coefficient (Wildman–Crippen LogP) is 2.22. The van der Waals surface area contributed by atoms with Crippen LogP contribution in [0.5, 0.6) is 0 Å². The molecule has 0 fully saturated rings. The Morgan fingerprint density at radius 1 is 1.58 bits per heavy atom. The smallest absolute Gasteiger partial charge is 0.00509 e. The van der Waals surface area contributed by atoms with Crippen molar-refractivity contribution in [2.45, 2.75) is 19.4 Å². The molecule has 1 rings (SSSR count). The summed E-state index contributed by atoms with van der Waals surface area (Å²) in [5.74, 6) is 0. The van der Waals surface area contributed by atoms with E-state index in [1.807, 2.05) is 25.1 Å². The predicted molar refractivity (Wildman–Crippen MR) is 53.9 cm³/mol. The van der Waals surface area contributed by atoms with Crippen LogP contribution in [-0.2, 0) is 6.42 Å². The maximum Gasteiger partial charge on any atom is 0.00509 e. The first-order valence-corrected chi connectivity index (χ1v) is 4.19. The Morgan fingerprint density at radius 2 is 2.33 bits per heavy atom. The minimum absolute atomic E-state index is 0.227. The van der Waals surface area contributed by atoms with Gasteiger partial charge in [0.25, 0.3) is 0 Å². The Hall–Kier alpha value is -1.08. The summed E-state index contributed by atoms with van der Waals surface area (Å²) < 4.78 is 0. The Balaban J connectivity index is 2.79. The van der Waals surface area contributed by atoms with Crippen LogP contribution in [0.25, 0.3) is 6.08 Å². The standard InChI is InChI=1S/C11H15N/c1-3-10-5-4-6-11(8-10)7-9(2)12/h3-6,8-9H,1,7,12H2,2H3/t9-/m1/s1. The van der Waals surface area contributed by atoms with Gasteiger partial charge in [-0.2, -0.15) is 0 Å². The first-order chi connectivity index (χ1) is 5.72. The lowest BCUT2D eigenvalue weighted by Crippen LogP contribution is -2.17. The van der Waals surface area contributed by atoms with Gasteiger partial charge in [0, 0.05) is 6.04 Å². The van der Waals surface area contributed by atoms with Crippen molar-refractivity contribution in [3.8, 4) is 0 Å². The molecule has 0 saturated heterocycles. The first-order valence-electron chi connectivity index (χ1n) is 4.19. The van der Waals surface area contributed by atoms with Crippen LogP contribution in [0.4, 0.5) is 0 Å². The van der Waals surface area contributed by atoms with Crippen LogP contribution in [0.15, 0.2) is 30.8 Å². The molecular formula is C11H15N. The van der Waals surface area contributed by atoms with E-state index in [1.165, 1.54) is 5.56 Å². The maximum atomic E-state index is 5.69. The molecule has 2 N–H and O–H groups in total. The van der Waals surface area contributed by atoms with E-state index in [1.54, 1.807) is 0 Å². The highest BCUT2D eigenvalue weighted by molar-refractivity contribution is 5.47. The molecule has 0 heterocycles. The van der Waals surface area contributed by atoms with E-state index in [-0.39, 0.29) is 6.04 Å². The summed E-state index contributed by atoms with van der Waals surface area (Å²) in [7, 11) is 0. The maximum absolute atomic E-state index is 5.69. The van der Waals surface area contributed by atoms with Crippen LogP contribution >= 0.6 is 0 Å². The first kappa shape index (κ1) is 9.01. The monoisotopic (exact) mass is 161 g/mol. The molecule has 1 nitrogen and oxygen atoms in total. The van der Waals surface area contributed by atoms with Gasteiger partial charge in [0.15, 0.2) is 0 Å². The molecule has 0 aliphatic heterocycles. The summed E-state index contributed by atoms with van der Waals surface area (Å²) >= 11 is 0. The van der Waals surface area contributed by atoms with Crippen molar-refractivity contribution in [3.63, 3.8) is 0 Å². The lowest BCUT2D eigenvalue weighted by atomic mass is 10.1. The second-order valence-electron chi connectivity index (χ2n) is 3.13. The fourth-order valence-electron chi connectivity index (χ4n) is 1.22. The van der Waals surface area contributed by atoms with E-state index < -0.39 is 0 Å². The van der Waals surface area contributed by atoms with Crippen LogP contribution in [0.1, 0.15) is 18.1 Å². The van der Waals surface area contributed by atoms with E-state index in [2.05, 4.69) is 18.7 Å². The summed E-state index contributed by atoms with van der Waals surface area (Å²) in [6.45, 7) is 5.73. The van der Waals surface area contributed by atoms with Crippen molar-refractivity contribution in [1.29, 1.82) is 0 Å². The molecule has 12 heavy (non-hydrogen) atoms. The van der Waals surface area contributed by atoms with Gasteiger partial charge in [-0.1, -0.05) is 36.9 Å². The number of benzene rings is 1. The molecule has 0 aliphatic rings. The van der Waals surface area contributed by atoms with Gasteiger partial charge >= 0.3 is 0 Å². The molecule has 1 aromatic rings. The molecule has 0 amide bonds. The van der Waals surface area contributed by atoms with Crippen molar-refractivity contribution >= 4 is 6.08 Å². The lowest BCUT2D eigenvalue weighted by Gasteiger charge is -2.05. The highest BCUT2D eigenvalue weighted by atomic mass is 14.6. The molecule has 0 bridgehead atoms. The van der Waals surface area contributed by atoms with Crippen LogP contribution < -0.4 is 5.73 Å². The van der Waals surface area contributed by atoms with Gasteiger partial charge in [-0.3, -0.25) is 0 Å². The van der Waals surface area contributed by atoms with Gasteiger partial charge in [-0.15, -0.1) is 0 Å². The highest BCUT2D eigenvalue weighted by Crippen LogP contribution is 2.07. The molecule has 0 aliphatic carbocycles. The second kappa shape index (κ2) is 4.07. The third kappa shape index (κ3) is 2.51. The molecule has 1 heteroatoms. The summed E-state index contributed by atoms with van der Waals surface area (Å²) in [6.07, 6.45) is 2.78. The zero-order valence-electron chi connectivity index (χ0n) is 7.46. The zero-order chi connectivity index (χ0) is 8.97. The lowest BCUT2D eigenvalue weighted by molar-refractivity contribution is 0.738. The van der Waals surface area contributed by atoms with Gasteiger partial charge in [0.05, 0.1) is 0 Å². The Morgan fingerprint density at radius 3 is 2.92 bits per heavy atom. The molecule has 0 aromatic heterocycles. The SMILES string of the molecule is C=Cc1cccc(C[C@@H](C)N)c1. The molecule has 0 saturated carbocycles. The normalized spacial score (nSPS) is 12.5. The summed E-state index contributed by atoms with van der Waals surface area (Å²) in [5, 5.41) is 0. The largest absolute Gasteiger partial charge is 0.328 e. The van der Waals surface area contributed by atoms with Crippen molar-refractivity contribution in [2.75, 3.05) is 0 Å².